The molecule has 0 aliphatic rings. The molecule has 1 N–H and O–H groups in total. The summed E-state index contributed by atoms with van der Waals surface area (Å²) in [5.41, 5.74) is 1.17. The molecule has 0 atom stereocenters. The number of aromatic nitrogens is 3. The number of nitrogens with one attached hydrogen (secondary N) is 1. The van der Waals surface area contributed by atoms with Gasteiger partial charge < -0.3 is 14.6 Å². The lowest BCUT2D eigenvalue weighted by Gasteiger charge is -2.09. The van der Waals surface area contributed by atoms with Crippen LogP contribution in [0.5, 0.6) is 0 Å². The Bertz CT molecular complexity index is 665. The van der Waals surface area contributed by atoms with E-state index < -0.39 is 0 Å². The van der Waals surface area contributed by atoms with Crippen molar-refractivity contribution < 1.29 is 9.53 Å². The van der Waals surface area contributed by atoms with Crippen molar-refractivity contribution in [2.24, 2.45) is 0 Å². The largest absolute Gasteiger partial charge is 0.385 e. The van der Waals surface area contributed by atoms with Crippen LogP contribution in [-0.2, 0) is 17.8 Å². The van der Waals surface area contributed by atoms with Gasteiger partial charge in [-0.2, -0.15) is 0 Å². The molecule has 2 aromatic rings. The molecule has 1 heterocycles. The van der Waals surface area contributed by atoms with E-state index >= 15 is 0 Å². The van der Waals surface area contributed by atoms with E-state index in [1.54, 1.807) is 32.5 Å². The molecular weight excluding hydrogens is 339 g/mol. The van der Waals surface area contributed by atoms with Gasteiger partial charge in [-0.1, -0.05) is 23.2 Å². The van der Waals surface area contributed by atoms with Crippen LogP contribution >= 0.6 is 23.2 Å². The standard InChI is InChI=1S/C15H18Cl2N4O2/c1-10-12(16)6-11(7-13(10)17)15(22)18-8-14-20-19-9-21(14)4-3-5-23-2/h6-7,9H,3-5,8H2,1-2H3,(H,18,22). The molecule has 0 saturated carbocycles. The molecule has 124 valence electrons. The minimum absolute atomic E-state index is 0.264. The van der Waals surface area contributed by atoms with Crippen LogP contribution in [0.1, 0.15) is 28.2 Å². The molecule has 23 heavy (non-hydrogen) atoms. The second kappa shape index (κ2) is 8.29. The summed E-state index contributed by atoms with van der Waals surface area (Å²) in [6, 6.07) is 3.20. The monoisotopic (exact) mass is 356 g/mol. The van der Waals surface area contributed by atoms with Crippen molar-refractivity contribution in [1.82, 2.24) is 20.1 Å². The summed E-state index contributed by atoms with van der Waals surface area (Å²) in [7, 11) is 1.66. The Morgan fingerprint density at radius 3 is 2.70 bits per heavy atom. The fourth-order valence-electron chi connectivity index (χ4n) is 2.02. The number of carbonyl (C=O) groups excluding carboxylic acids is 1. The van der Waals surface area contributed by atoms with Crippen LogP contribution in [0.3, 0.4) is 0 Å². The van der Waals surface area contributed by atoms with E-state index in [2.05, 4.69) is 15.5 Å². The van der Waals surface area contributed by atoms with Crippen LogP contribution in [0.2, 0.25) is 10.0 Å². The highest BCUT2D eigenvalue weighted by Crippen LogP contribution is 2.25. The lowest BCUT2D eigenvalue weighted by Crippen LogP contribution is -2.25. The van der Waals surface area contributed by atoms with Gasteiger partial charge >= 0.3 is 0 Å². The molecule has 0 saturated heterocycles. The third-order valence-corrected chi connectivity index (χ3v) is 4.18. The average Bonchev–Trinajstić information content (AvgIpc) is 2.97. The summed E-state index contributed by atoms with van der Waals surface area (Å²) < 4.78 is 6.90. The second-order valence-electron chi connectivity index (χ2n) is 5.03. The zero-order valence-corrected chi connectivity index (χ0v) is 14.5. The SMILES string of the molecule is COCCCn1cnnc1CNC(=O)c1cc(Cl)c(C)c(Cl)c1. The number of rotatable bonds is 7. The molecule has 6 nitrogen and oxygen atoms in total. The Morgan fingerprint density at radius 1 is 1.35 bits per heavy atom. The zero-order valence-electron chi connectivity index (χ0n) is 13.0. The zero-order chi connectivity index (χ0) is 16.8. The van der Waals surface area contributed by atoms with E-state index in [1.165, 1.54) is 0 Å². The lowest BCUT2D eigenvalue weighted by molar-refractivity contribution is 0.0949. The van der Waals surface area contributed by atoms with Gasteiger partial charge in [-0.25, -0.2) is 0 Å². The number of amides is 1. The number of halogens is 2. The number of ether oxygens (including phenoxy) is 1. The number of benzene rings is 1. The van der Waals surface area contributed by atoms with Gasteiger partial charge in [0.15, 0.2) is 5.82 Å². The highest BCUT2D eigenvalue weighted by molar-refractivity contribution is 6.36. The molecule has 0 fully saturated rings. The molecule has 1 aromatic heterocycles. The van der Waals surface area contributed by atoms with Gasteiger partial charge in [0.1, 0.15) is 6.33 Å². The molecular formula is C15H18Cl2N4O2. The van der Waals surface area contributed by atoms with Crippen LogP contribution in [0.15, 0.2) is 18.5 Å². The smallest absolute Gasteiger partial charge is 0.251 e. The molecule has 0 aliphatic carbocycles. The molecule has 0 radical (unpaired) electrons. The number of hydrogen-bond acceptors (Lipinski definition) is 4. The highest BCUT2D eigenvalue weighted by atomic mass is 35.5. The Balaban J connectivity index is 1.98. The Labute approximate surface area is 144 Å². The molecule has 1 amide bonds. The third kappa shape index (κ3) is 4.67. The van der Waals surface area contributed by atoms with Crippen molar-refractivity contribution in [2.75, 3.05) is 13.7 Å². The third-order valence-electron chi connectivity index (χ3n) is 3.39. The average molecular weight is 357 g/mol. The first-order chi connectivity index (χ1) is 11.0. The van der Waals surface area contributed by atoms with E-state index in [9.17, 15) is 4.79 Å². The molecule has 0 spiro atoms. The number of aryl methyl sites for hydroxylation is 1. The Morgan fingerprint density at radius 2 is 2.04 bits per heavy atom. The minimum Gasteiger partial charge on any atom is -0.385 e. The van der Waals surface area contributed by atoms with E-state index in [0.29, 0.717) is 28.0 Å². The first-order valence-corrected chi connectivity index (χ1v) is 7.88. The quantitative estimate of drug-likeness (QED) is 0.774. The molecule has 1 aromatic carbocycles. The van der Waals surface area contributed by atoms with Crippen LogP contribution in [-0.4, -0.2) is 34.4 Å². The van der Waals surface area contributed by atoms with Crippen molar-refractivity contribution in [1.29, 1.82) is 0 Å². The van der Waals surface area contributed by atoms with Gasteiger partial charge in [-0.15, -0.1) is 10.2 Å². The number of carbonyl (C=O) groups is 1. The predicted molar refractivity (Wildman–Crippen MR) is 88.9 cm³/mol. The number of nitrogens with zero attached hydrogens (tertiary/aromatic N) is 3. The van der Waals surface area contributed by atoms with E-state index in [0.717, 1.165) is 18.5 Å². The second-order valence-corrected chi connectivity index (χ2v) is 5.85. The van der Waals surface area contributed by atoms with Gasteiger partial charge in [0.2, 0.25) is 0 Å². The van der Waals surface area contributed by atoms with Crippen LogP contribution in [0.4, 0.5) is 0 Å². The van der Waals surface area contributed by atoms with Gasteiger partial charge in [-0.3, -0.25) is 4.79 Å². The molecule has 0 aliphatic heterocycles. The Hall–Kier alpha value is -1.63. The maximum absolute atomic E-state index is 12.2. The van der Waals surface area contributed by atoms with Crippen molar-refractivity contribution in [3.8, 4) is 0 Å². The Kier molecular flexibility index (Phi) is 6.38. The first-order valence-electron chi connectivity index (χ1n) is 7.12. The first kappa shape index (κ1) is 17.7. The summed E-state index contributed by atoms with van der Waals surface area (Å²) >= 11 is 12.1. The summed E-state index contributed by atoms with van der Waals surface area (Å²) in [5, 5.41) is 11.6. The summed E-state index contributed by atoms with van der Waals surface area (Å²) in [5.74, 6) is 0.416. The maximum Gasteiger partial charge on any atom is 0.251 e. The van der Waals surface area contributed by atoms with Crippen molar-refractivity contribution in [3.05, 3.63) is 45.5 Å². The van der Waals surface area contributed by atoms with Crippen molar-refractivity contribution in [3.63, 3.8) is 0 Å². The van der Waals surface area contributed by atoms with Gasteiger partial charge in [-0.05, 0) is 31.0 Å². The fraction of sp³-hybridized carbons (Fsp3) is 0.400. The normalized spacial score (nSPS) is 10.8. The van der Waals surface area contributed by atoms with Crippen LogP contribution in [0.25, 0.3) is 0 Å². The molecule has 8 heteroatoms. The molecule has 0 unspecified atom stereocenters. The van der Waals surface area contributed by atoms with Gasteiger partial charge in [0.05, 0.1) is 6.54 Å². The van der Waals surface area contributed by atoms with Gasteiger partial charge in [0.25, 0.3) is 5.91 Å². The predicted octanol–water partition coefficient (Wildman–Crippen LogP) is 2.86. The maximum atomic E-state index is 12.2. The van der Waals surface area contributed by atoms with Crippen molar-refractivity contribution in [2.45, 2.75) is 26.4 Å². The van der Waals surface area contributed by atoms with E-state index in [1.807, 2.05) is 4.57 Å². The lowest BCUT2D eigenvalue weighted by atomic mass is 10.1. The fourth-order valence-corrected chi connectivity index (χ4v) is 2.51. The topological polar surface area (TPSA) is 69.0 Å². The summed E-state index contributed by atoms with van der Waals surface area (Å²) in [6.07, 6.45) is 2.48. The highest BCUT2D eigenvalue weighted by Gasteiger charge is 2.12. The number of hydrogen-bond donors (Lipinski definition) is 1. The summed E-state index contributed by atoms with van der Waals surface area (Å²) in [4.78, 5) is 12.2. The molecule has 2 rings (SSSR count). The van der Waals surface area contributed by atoms with Gasteiger partial charge in [0, 0.05) is 35.9 Å². The van der Waals surface area contributed by atoms with Crippen LogP contribution < -0.4 is 5.32 Å². The van der Waals surface area contributed by atoms with Crippen molar-refractivity contribution >= 4 is 29.1 Å². The van der Waals surface area contributed by atoms with Crippen LogP contribution in [0, 0.1) is 6.92 Å². The minimum atomic E-state index is -0.264. The van der Waals surface area contributed by atoms with E-state index in [4.69, 9.17) is 27.9 Å². The van der Waals surface area contributed by atoms with E-state index in [-0.39, 0.29) is 12.5 Å². The number of methoxy groups -OCH3 is 1. The summed E-state index contributed by atoms with van der Waals surface area (Å²) in [6.45, 7) is 3.46. The molecule has 0 bridgehead atoms.